The van der Waals surface area contributed by atoms with Gasteiger partial charge >= 0.3 is 18.1 Å². The lowest BCUT2D eigenvalue weighted by molar-refractivity contribution is -0.140. The van der Waals surface area contributed by atoms with Crippen LogP contribution < -0.4 is 70.4 Å². The molecule has 3 unspecified atom stereocenters. The first-order chi connectivity index (χ1) is 55.6. The Labute approximate surface area is 674 Å². The van der Waals surface area contributed by atoms with Crippen molar-refractivity contribution < 1.29 is 101 Å². The summed E-state index contributed by atoms with van der Waals surface area (Å²) >= 11 is 0. The molecule has 0 saturated carbocycles. The SMILES string of the molecule is [2H]C(=O)CCCCCN1C(=O)CC(C)C1=O.[2H]C(=O)OCc1ccc(NC(=O)[C@H](CCCNC(N)=O)NC(=O)[C@@H](NC(=O)CCCCCN2C(=O)CC(C)C2=O)C(C)C)cc1.[2H]CC(=O)[C@H](CCCNC(N)=O)NC(=O)[C@@H](NC(=O)CCCCCN1C(=O)CC(C)C1=O)C(C)C.[2H]CC(=O)[C@H](CCCNC(N)=O)NC(=O)[C@@H](NCC)C(C)C. The van der Waals surface area contributed by atoms with E-state index < -0.39 is 91.4 Å². The Balaban J connectivity index is 0.000000842. The number of likely N-dealkylation sites (N-methyl/N-ethyl adjacent to an activating group) is 1. The minimum Gasteiger partial charge on any atom is -0.463 e. The van der Waals surface area contributed by atoms with Crippen LogP contribution >= 0.6 is 0 Å². The van der Waals surface area contributed by atoms with E-state index in [4.69, 9.17) is 22.7 Å². The van der Waals surface area contributed by atoms with Gasteiger partial charge in [-0.05, 0) is 133 Å². The van der Waals surface area contributed by atoms with Crippen molar-refractivity contribution in [1.29, 1.82) is 0 Å². The third kappa shape index (κ3) is 41.0. The third-order valence-corrected chi connectivity index (χ3v) is 18.5. The van der Waals surface area contributed by atoms with Gasteiger partial charge < -0.3 is 79.9 Å². The minimum atomic E-state index is -1.16. The van der Waals surface area contributed by atoms with E-state index in [1.807, 2.05) is 20.8 Å². The molecule has 3 heterocycles. The molecule has 0 bridgehead atoms. The number of nitrogens with one attached hydrogen (secondary N) is 10. The molecule has 0 spiro atoms. The Morgan fingerprint density at radius 3 is 1.15 bits per heavy atom. The maximum Gasteiger partial charge on any atom is 0.312 e. The Kier molecular flexibility index (Phi) is 46.3. The van der Waals surface area contributed by atoms with Crippen LogP contribution in [0, 0.1) is 35.5 Å². The smallest absolute Gasteiger partial charge is 0.312 e. The van der Waals surface area contributed by atoms with Gasteiger partial charge in [0.05, 0.1) is 18.1 Å². The van der Waals surface area contributed by atoms with Crippen LogP contribution in [0.25, 0.3) is 0 Å². The quantitative estimate of drug-likeness (QED) is 0.0253. The summed E-state index contributed by atoms with van der Waals surface area (Å²) in [5.74, 6) is -5.28. The molecule has 640 valence electrons. The van der Waals surface area contributed by atoms with Gasteiger partial charge in [-0.1, -0.05) is 101 Å². The number of Topliss-reactive ketones (excluding diaryl/α,β-unsaturated/α-hetero) is 2. The van der Waals surface area contributed by atoms with Crippen molar-refractivity contribution >= 4 is 119 Å². The normalized spacial score (nSPS) is 17.1. The summed E-state index contributed by atoms with van der Waals surface area (Å²) < 4.78 is 32.7. The summed E-state index contributed by atoms with van der Waals surface area (Å²) in [5, 5.41) is 26.6. The highest BCUT2D eigenvalue weighted by molar-refractivity contribution is 6.05. The fourth-order valence-corrected chi connectivity index (χ4v) is 12.0. The van der Waals surface area contributed by atoms with E-state index in [0.29, 0.717) is 121 Å². The van der Waals surface area contributed by atoms with Crippen molar-refractivity contribution in [3.05, 3.63) is 29.8 Å². The number of carbonyl (C=O) groups excluding carboxylic acids is 19. The zero-order chi connectivity index (χ0) is 89.3. The molecule has 0 aromatic heterocycles. The highest BCUT2D eigenvalue weighted by atomic mass is 16.5. The van der Waals surface area contributed by atoms with Gasteiger partial charge in [-0.2, -0.15) is 0 Å². The van der Waals surface area contributed by atoms with Crippen LogP contribution in [-0.4, -0.2) is 210 Å². The number of primary amides is 3. The molecule has 3 aliphatic rings. The summed E-state index contributed by atoms with van der Waals surface area (Å²) in [5.41, 5.74) is 16.1. The van der Waals surface area contributed by atoms with Crippen molar-refractivity contribution in [2.45, 2.75) is 261 Å². The number of amides is 18. The summed E-state index contributed by atoms with van der Waals surface area (Å²) in [6, 6.07) is -0.412. The monoisotopic (exact) mass is 1610 g/mol. The first-order valence-corrected chi connectivity index (χ1v) is 39.1. The van der Waals surface area contributed by atoms with Crippen molar-refractivity contribution in [2.75, 3.05) is 51.1 Å². The van der Waals surface area contributed by atoms with Gasteiger partial charge in [0.1, 0.15) is 32.4 Å². The van der Waals surface area contributed by atoms with Gasteiger partial charge in [-0.25, -0.2) is 14.4 Å². The molecule has 0 radical (unpaired) electrons. The predicted octanol–water partition coefficient (Wildman–Crippen LogP) is 3.22. The summed E-state index contributed by atoms with van der Waals surface area (Å²) in [7, 11) is 0. The Morgan fingerprint density at radius 2 is 0.833 bits per heavy atom. The molecule has 114 heavy (non-hydrogen) atoms. The maximum absolute atomic E-state index is 13.3. The number of nitrogens with two attached hydrogens (primary N) is 3. The lowest BCUT2D eigenvalue weighted by Crippen LogP contribution is -2.54. The van der Waals surface area contributed by atoms with E-state index >= 15 is 0 Å². The lowest BCUT2D eigenvalue weighted by atomic mass is 10.0. The zero-order valence-electron chi connectivity index (χ0n) is 71.9. The number of unbranched alkanes of at least 4 members (excludes halogenated alkanes) is 6. The molecule has 18 amide bonds. The number of anilines is 1. The molecule has 3 fully saturated rings. The standard InChI is InChI=1S/C30H44N6O8.C23H39N5O6.C14H28N4O3.C11H17NO3/c1-19(2)26(35-24(38)9-5-4-6-15-36-25(39)16-20(3)29(36)42)28(41)34-23(8-7-14-32-30(31)43)27(40)33-22-12-10-21(11-13-22)17-44-18-37;1-14(2)20(21(32)26-17(16(4)29)9-8-11-25-23(24)34)27-18(30)10-6-5-7-12-28-19(31)13-15(3)22(28)33;1-5-16-12(9(2)3)13(20)18-11(10(4)19)7-6-8-17-14(15)21;1-9-8-10(14)12(11(9)15)6-4-2-3-5-7-13/h10-13,18-20,23,26H,4-9,14-17H2,1-3H3,(H,33,40)(H,34,41)(H,35,38)(H3,31,32,43);14-15,17,20H,5-13H2,1-4H3,(H,26,32)(H,27,30)(H3,24,25,34);9,11-12,16H,5-8H2,1-4H3,(H,18,20)(H3,15,17,21);7,9H,2-6,8H2,1H3/t20?,23-,26-;15?,17-,20-;11-,12-;/m000./s1/i18D;2*4D;7D. The topological polar surface area (TPSA) is 542 Å². The second-order valence-electron chi connectivity index (χ2n) is 29.4. The van der Waals surface area contributed by atoms with Crippen LogP contribution in [0.15, 0.2) is 24.3 Å². The molecule has 16 N–H and O–H groups in total. The van der Waals surface area contributed by atoms with E-state index in [9.17, 15) is 91.1 Å². The number of hydrogen-bond acceptors (Lipinski definition) is 21. The van der Waals surface area contributed by atoms with Crippen LogP contribution in [0.4, 0.5) is 20.1 Å². The van der Waals surface area contributed by atoms with Crippen LogP contribution in [-0.2, 0) is 88.1 Å². The molecule has 36 nitrogen and oxygen atoms in total. The number of hydrogen-bond donors (Lipinski definition) is 13. The Bertz CT molecular complexity index is 3520. The fourth-order valence-electron chi connectivity index (χ4n) is 12.0. The highest BCUT2D eigenvalue weighted by Gasteiger charge is 2.38. The number of ether oxygens (including phenoxy) is 1. The van der Waals surface area contributed by atoms with Crippen molar-refractivity contribution in [1.82, 2.24) is 62.6 Å². The number of urea groups is 3. The fraction of sp³-hybridized carbons (Fsp3) is 0.679. The number of aldehydes is 1. The molecule has 3 aliphatic heterocycles. The molecule has 4 rings (SSSR count). The van der Waals surface area contributed by atoms with Crippen molar-refractivity contribution in [2.24, 2.45) is 52.7 Å². The number of likely N-dealkylation sites (tertiary alicyclic amines) is 3. The number of ketones is 2. The molecular formula is C78H128N16O20. The van der Waals surface area contributed by atoms with Crippen LogP contribution in [0.3, 0.4) is 0 Å². The van der Waals surface area contributed by atoms with Crippen molar-refractivity contribution in [3.63, 3.8) is 0 Å². The van der Waals surface area contributed by atoms with Crippen LogP contribution in [0.5, 0.6) is 0 Å². The molecule has 3 saturated heterocycles. The molecule has 36 heteroatoms. The van der Waals surface area contributed by atoms with E-state index in [1.54, 1.807) is 72.7 Å². The zero-order valence-corrected chi connectivity index (χ0v) is 67.9. The summed E-state index contributed by atoms with van der Waals surface area (Å²) in [6.07, 6.45) is 7.28. The molecule has 1 aromatic rings. The highest BCUT2D eigenvalue weighted by Crippen LogP contribution is 2.23. The summed E-state index contributed by atoms with van der Waals surface area (Å²) in [6.45, 7) is 19.6. The maximum atomic E-state index is 13.3. The summed E-state index contributed by atoms with van der Waals surface area (Å²) in [4.78, 5) is 228. The van der Waals surface area contributed by atoms with Gasteiger partial charge in [0.25, 0.3) is 6.45 Å². The van der Waals surface area contributed by atoms with E-state index in [2.05, 4.69) is 57.9 Å². The largest absolute Gasteiger partial charge is 0.463 e. The number of benzene rings is 1. The lowest BCUT2D eigenvalue weighted by Gasteiger charge is -2.25. The second kappa shape index (κ2) is 56.0. The average Bonchev–Trinajstić information content (AvgIpc) is 1.74. The average molecular weight is 1610 g/mol. The molecule has 9 atom stereocenters. The van der Waals surface area contributed by atoms with Gasteiger partial charge in [-0.15, -0.1) is 0 Å². The third-order valence-electron chi connectivity index (χ3n) is 18.5. The van der Waals surface area contributed by atoms with Crippen LogP contribution in [0.1, 0.15) is 229 Å². The van der Waals surface area contributed by atoms with E-state index in [1.165, 1.54) is 14.7 Å². The number of imide groups is 3. The number of carbonyl (C=O) groups is 19. The molecule has 1 aromatic carbocycles. The Morgan fingerprint density at radius 1 is 0.482 bits per heavy atom. The van der Waals surface area contributed by atoms with Crippen LogP contribution in [0.2, 0.25) is 0 Å². The van der Waals surface area contributed by atoms with E-state index in [0.717, 1.165) is 12.8 Å². The first kappa shape index (κ1) is 94.3. The van der Waals surface area contributed by atoms with Gasteiger partial charge in [0.15, 0.2) is 12.9 Å². The Hall–Kier alpha value is -10.3. The second-order valence-corrected chi connectivity index (χ2v) is 29.4. The van der Waals surface area contributed by atoms with Gasteiger partial charge in [0.2, 0.25) is 70.9 Å². The predicted molar refractivity (Wildman–Crippen MR) is 422 cm³/mol. The number of nitrogens with zero attached hydrogens (tertiary/aromatic N) is 3. The molecule has 0 aliphatic carbocycles. The van der Waals surface area contributed by atoms with Crippen molar-refractivity contribution in [3.8, 4) is 0 Å². The van der Waals surface area contributed by atoms with E-state index in [-0.39, 0.29) is 172 Å². The minimum absolute atomic E-state index is 0.0819. The number of rotatable bonds is 49. The first-order valence-electron chi connectivity index (χ1n) is 41.5. The molecular weight excluding hydrogens is 1480 g/mol. The van der Waals surface area contributed by atoms with Gasteiger partial charge in [-0.3, -0.25) is 86.6 Å². The van der Waals surface area contributed by atoms with Gasteiger partial charge in [0, 0.05) is 104 Å².